The molecule has 3 aromatic rings. The maximum absolute atomic E-state index is 12.9. The molecule has 1 aromatic heterocycles. The van der Waals surface area contributed by atoms with Crippen LogP contribution in [0.2, 0.25) is 0 Å². The molecule has 0 spiro atoms. The van der Waals surface area contributed by atoms with Gasteiger partial charge < -0.3 is 4.52 Å². The average Bonchev–Trinajstić information content (AvgIpc) is 2.92. The highest BCUT2D eigenvalue weighted by Gasteiger charge is 2.21. The number of rotatable bonds is 4. The van der Waals surface area contributed by atoms with Gasteiger partial charge in [0.05, 0.1) is 11.3 Å². The van der Waals surface area contributed by atoms with E-state index in [4.69, 9.17) is 4.52 Å². The van der Waals surface area contributed by atoms with Gasteiger partial charge in [0.2, 0.25) is 0 Å². The summed E-state index contributed by atoms with van der Waals surface area (Å²) in [6.07, 6.45) is 1.71. The number of carbonyl (C=O) groups is 1. The number of carbonyl (C=O) groups excluding carboxylic acids is 1. The van der Waals surface area contributed by atoms with Gasteiger partial charge in [-0.15, -0.1) is 0 Å². The van der Waals surface area contributed by atoms with E-state index in [0.717, 1.165) is 5.56 Å². The number of benzene rings is 2. The molecule has 0 aliphatic heterocycles. The first-order chi connectivity index (χ1) is 11.2. The van der Waals surface area contributed by atoms with Crippen LogP contribution in [0, 0.1) is 6.92 Å². The van der Waals surface area contributed by atoms with Crippen LogP contribution in [0.1, 0.15) is 27.2 Å². The zero-order valence-corrected chi connectivity index (χ0v) is 12.6. The van der Waals surface area contributed by atoms with Crippen LogP contribution in [0.5, 0.6) is 0 Å². The molecule has 4 nitrogen and oxygen atoms in total. The summed E-state index contributed by atoms with van der Waals surface area (Å²) in [4.78, 5) is 24.9. The van der Waals surface area contributed by atoms with Crippen molar-refractivity contribution in [3.05, 3.63) is 93.5 Å². The third kappa shape index (κ3) is 3.06. The minimum absolute atomic E-state index is 0.218. The quantitative estimate of drug-likeness (QED) is 0.590. The Morgan fingerprint density at radius 2 is 1.61 bits per heavy atom. The summed E-state index contributed by atoms with van der Waals surface area (Å²) in [5.41, 5.74) is 1.93. The van der Waals surface area contributed by atoms with E-state index in [1.54, 1.807) is 37.3 Å². The van der Waals surface area contributed by atoms with E-state index in [-0.39, 0.29) is 11.3 Å². The molecule has 0 amide bonds. The number of aromatic amines is 1. The Kier molecular flexibility index (Phi) is 4.06. The molecule has 23 heavy (non-hydrogen) atoms. The molecule has 4 heteroatoms. The first-order valence-electron chi connectivity index (χ1n) is 7.22. The van der Waals surface area contributed by atoms with E-state index in [1.807, 2.05) is 36.4 Å². The van der Waals surface area contributed by atoms with Crippen LogP contribution < -0.4 is 5.63 Å². The van der Waals surface area contributed by atoms with Gasteiger partial charge in [-0.05, 0) is 18.6 Å². The maximum atomic E-state index is 12.9. The van der Waals surface area contributed by atoms with Crippen LogP contribution in [0.3, 0.4) is 0 Å². The lowest BCUT2D eigenvalue weighted by molar-refractivity contribution is 0.105. The number of aromatic nitrogens is 1. The third-order valence-electron chi connectivity index (χ3n) is 3.54. The lowest BCUT2D eigenvalue weighted by Crippen LogP contribution is -2.10. The Balaban J connectivity index is 2.17. The molecule has 0 unspecified atom stereocenters. The van der Waals surface area contributed by atoms with Crippen molar-refractivity contribution in [1.82, 2.24) is 5.16 Å². The minimum Gasteiger partial charge on any atom is -0.338 e. The minimum atomic E-state index is -0.547. The monoisotopic (exact) mass is 305 g/mol. The Hall–Kier alpha value is -3.14. The number of hydrogen-bond donors (Lipinski definition) is 1. The SMILES string of the molecule is Cc1[nH]oc(=O)c1/C(=C/c1ccccc1)C(=O)c1ccccc1. The fraction of sp³-hybridized carbons (Fsp3) is 0.0526. The van der Waals surface area contributed by atoms with Gasteiger partial charge in [0, 0.05) is 11.1 Å². The highest BCUT2D eigenvalue weighted by molar-refractivity contribution is 6.32. The Morgan fingerprint density at radius 1 is 1.00 bits per heavy atom. The van der Waals surface area contributed by atoms with Crippen molar-refractivity contribution >= 4 is 17.4 Å². The van der Waals surface area contributed by atoms with Gasteiger partial charge in [0.1, 0.15) is 0 Å². The molecule has 0 atom stereocenters. The maximum Gasteiger partial charge on any atom is 0.365 e. The zero-order valence-electron chi connectivity index (χ0n) is 12.6. The van der Waals surface area contributed by atoms with Crippen molar-refractivity contribution in [2.45, 2.75) is 6.92 Å². The summed E-state index contributed by atoms with van der Waals surface area (Å²) < 4.78 is 4.83. The summed E-state index contributed by atoms with van der Waals surface area (Å²) in [5, 5.41) is 2.53. The predicted octanol–water partition coefficient (Wildman–Crippen LogP) is 3.70. The number of aryl methyl sites for hydroxylation is 1. The lowest BCUT2D eigenvalue weighted by atomic mass is 9.95. The van der Waals surface area contributed by atoms with Crippen LogP contribution in [-0.2, 0) is 0 Å². The molecular formula is C19H15NO3. The van der Waals surface area contributed by atoms with Crippen molar-refractivity contribution in [1.29, 1.82) is 0 Å². The van der Waals surface area contributed by atoms with Crippen molar-refractivity contribution in [3.8, 4) is 0 Å². The van der Waals surface area contributed by atoms with E-state index in [1.165, 1.54) is 0 Å². The van der Waals surface area contributed by atoms with Crippen molar-refractivity contribution in [2.75, 3.05) is 0 Å². The summed E-state index contributed by atoms with van der Waals surface area (Å²) in [6.45, 7) is 1.71. The van der Waals surface area contributed by atoms with Crippen LogP contribution in [-0.4, -0.2) is 10.9 Å². The van der Waals surface area contributed by atoms with Gasteiger partial charge in [-0.2, -0.15) is 0 Å². The Morgan fingerprint density at radius 3 is 2.17 bits per heavy atom. The molecule has 114 valence electrons. The molecule has 2 aromatic carbocycles. The zero-order chi connectivity index (χ0) is 16.2. The number of H-pyrrole nitrogens is 1. The molecule has 1 N–H and O–H groups in total. The molecule has 0 aliphatic rings. The molecule has 0 fully saturated rings. The van der Waals surface area contributed by atoms with Gasteiger partial charge >= 0.3 is 5.63 Å². The van der Waals surface area contributed by atoms with E-state index >= 15 is 0 Å². The molecule has 0 radical (unpaired) electrons. The predicted molar refractivity (Wildman–Crippen MR) is 89.2 cm³/mol. The first kappa shape index (κ1) is 14.8. The first-order valence-corrected chi connectivity index (χ1v) is 7.22. The Labute approximate surface area is 133 Å². The number of Topliss-reactive ketones (excluding diaryl/α,β-unsaturated/α-hetero) is 1. The van der Waals surface area contributed by atoms with Crippen LogP contribution in [0.25, 0.3) is 11.6 Å². The topological polar surface area (TPSA) is 63.1 Å². The standard InChI is InChI=1S/C19H15NO3/c1-13-17(19(22)23-20-13)16(12-14-8-4-2-5-9-14)18(21)15-10-6-3-7-11-15/h2-12,20H,1H3/b16-12-. The average molecular weight is 305 g/mol. The molecule has 0 saturated carbocycles. The molecular weight excluding hydrogens is 290 g/mol. The van der Waals surface area contributed by atoms with Gasteiger partial charge in [-0.3, -0.25) is 4.79 Å². The van der Waals surface area contributed by atoms with Crippen LogP contribution in [0.15, 0.2) is 70.0 Å². The number of allylic oxidation sites excluding steroid dienone is 1. The second kappa shape index (κ2) is 6.32. The van der Waals surface area contributed by atoms with E-state index in [0.29, 0.717) is 16.8 Å². The molecule has 1 heterocycles. The number of nitrogens with one attached hydrogen (secondary N) is 1. The van der Waals surface area contributed by atoms with Gasteiger partial charge in [-0.25, -0.2) is 9.95 Å². The second-order valence-electron chi connectivity index (χ2n) is 5.16. The number of ketones is 1. The van der Waals surface area contributed by atoms with Crippen molar-refractivity contribution in [2.24, 2.45) is 0 Å². The molecule has 0 bridgehead atoms. The Bertz CT molecular complexity index is 903. The van der Waals surface area contributed by atoms with Gasteiger partial charge in [0.25, 0.3) is 0 Å². The fourth-order valence-corrected chi connectivity index (χ4v) is 2.40. The summed E-state index contributed by atoms with van der Waals surface area (Å²) in [7, 11) is 0. The molecule has 0 aliphatic carbocycles. The van der Waals surface area contributed by atoms with Crippen molar-refractivity contribution < 1.29 is 9.32 Å². The molecule has 0 saturated heterocycles. The number of hydrogen-bond acceptors (Lipinski definition) is 3. The second-order valence-corrected chi connectivity index (χ2v) is 5.16. The summed E-state index contributed by atoms with van der Waals surface area (Å²) in [6, 6.07) is 18.3. The fourth-order valence-electron chi connectivity index (χ4n) is 2.40. The van der Waals surface area contributed by atoms with Gasteiger partial charge in [-0.1, -0.05) is 60.7 Å². The van der Waals surface area contributed by atoms with Crippen LogP contribution in [0.4, 0.5) is 0 Å². The van der Waals surface area contributed by atoms with E-state index in [2.05, 4.69) is 5.16 Å². The third-order valence-corrected chi connectivity index (χ3v) is 3.54. The summed E-state index contributed by atoms with van der Waals surface area (Å²) >= 11 is 0. The van der Waals surface area contributed by atoms with Crippen LogP contribution >= 0.6 is 0 Å². The normalized spacial score (nSPS) is 11.4. The molecule has 3 rings (SSSR count). The van der Waals surface area contributed by atoms with Gasteiger partial charge in [0.15, 0.2) is 5.78 Å². The highest BCUT2D eigenvalue weighted by Crippen LogP contribution is 2.22. The van der Waals surface area contributed by atoms with E-state index < -0.39 is 5.63 Å². The lowest BCUT2D eigenvalue weighted by Gasteiger charge is -2.05. The smallest absolute Gasteiger partial charge is 0.338 e. The van der Waals surface area contributed by atoms with E-state index in [9.17, 15) is 9.59 Å². The largest absolute Gasteiger partial charge is 0.365 e. The van der Waals surface area contributed by atoms with Crippen molar-refractivity contribution in [3.63, 3.8) is 0 Å². The summed E-state index contributed by atoms with van der Waals surface area (Å²) in [5.74, 6) is -0.218. The highest BCUT2D eigenvalue weighted by atomic mass is 16.5.